The smallest absolute Gasteiger partial charge is 0.315 e. The minimum atomic E-state index is -0.166. The van der Waals surface area contributed by atoms with Gasteiger partial charge in [0.25, 0.3) is 0 Å². The maximum atomic E-state index is 12.0. The van der Waals surface area contributed by atoms with Crippen molar-refractivity contribution in [1.82, 2.24) is 15.5 Å². The average molecular weight is 335 g/mol. The van der Waals surface area contributed by atoms with Crippen LogP contribution >= 0.6 is 11.3 Å². The van der Waals surface area contributed by atoms with Crippen LogP contribution in [0.25, 0.3) is 0 Å². The Morgan fingerprint density at radius 3 is 2.87 bits per heavy atom. The molecule has 1 aliphatic heterocycles. The number of hydrogen-bond donors (Lipinski definition) is 2. The van der Waals surface area contributed by atoms with Crippen LogP contribution in [0.1, 0.15) is 16.5 Å². The van der Waals surface area contributed by atoms with Gasteiger partial charge in [-0.25, -0.2) is 4.79 Å². The summed E-state index contributed by atoms with van der Waals surface area (Å²) < 4.78 is 10.4. The molecule has 1 fully saturated rings. The number of urea groups is 1. The largest absolute Gasteiger partial charge is 0.472 e. The molecule has 3 rings (SSSR count). The van der Waals surface area contributed by atoms with Crippen LogP contribution in [-0.4, -0.2) is 43.8 Å². The van der Waals surface area contributed by atoms with Crippen molar-refractivity contribution in [2.45, 2.75) is 12.6 Å². The highest BCUT2D eigenvalue weighted by molar-refractivity contribution is 7.10. The predicted molar refractivity (Wildman–Crippen MR) is 88.4 cm³/mol. The molecule has 0 spiro atoms. The summed E-state index contributed by atoms with van der Waals surface area (Å²) in [6, 6.07) is 6.03. The number of nitrogens with one attached hydrogen (secondary N) is 2. The first-order chi connectivity index (χ1) is 11.3. The second kappa shape index (κ2) is 8.14. The highest BCUT2D eigenvalue weighted by atomic mass is 32.1. The first kappa shape index (κ1) is 16.0. The second-order valence-corrected chi connectivity index (χ2v) is 6.35. The van der Waals surface area contributed by atoms with Gasteiger partial charge >= 0.3 is 6.03 Å². The van der Waals surface area contributed by atoms with E-state index in [2.05, 4.69) is 27.0 Å². The van der Waals surface area contributed by atoms with E-state index in [0.717, 1.165) is 31.9 Å². The first-order valence-electron chi connectivity index (χ1n) is 7.71. The first-order valence-corrected chi connectivity index (χ1v) is 8.59. The number of thiophene rings is 1. The van der Waals surface area contributed by atoms with E-state index in [-0.39, 0.29) is 12.1 Å². The minimum Gasteiger partial charge on any atom is -0.472 e. The zero-order valence-corrected chi connectivity index (χ0v) is 13.7. The van der Waals surface area contributed by atoms with Crippen LogP contribution in [0.2, 0.25) is 0 Å². The fourth-order valence-corrected chi connectivity index (χ4v) is 3.47. The molecule has 124 valence electrons. The Kier molecular flexibility index (Phi) is 5.68. The molecule has 2 aromatic rings. The van der Waals surface area contributed by atoms with Gasteiger partial charge in [0, 0.05) is 36.6 Å². The topological polar surface area (TPSA) is 66.7 Å². The van der Waals surface area contributed by atoms with Gasteiger partial charge < -0.3 is 19.8 Å². The van der Waals surface area contributed by atoms with Gasteiger partial charge in [-0.2, -0.15) is 0 Å². The molecule has 3 heterocycles. The molecule has 0 bridgehead atoms. The lowest BCUT2D eigenvalue weighted by Crippen LogP contribution is -2.45. The van der Waals surface area contributed by atoms with E-state index < -0.39 is 0 Å². The number of amides is 2. The molecule has 0 saturated carbocycles. The van der Waals surface area contributed by atoms with Gasteiger partial charge in [-0.3, -0.25) is 4.90 Å². The number of carbonyl (C=O) groups excluding carboxylic acids is 1. The molecule has 2 amide bonds. The van der Waals surface area contributed by atoms with Crippen LogP contribution in [0, 0.1) is 0 Å². The zero-order chi connectivity index (χ0) is 15.9. The Morgan fingerprint density at radius 2 is 2.17 bits per heavy atom. The van der Waals surface area contributed by atoms with Gasteiger partial charge in [-0.05, 0) is 17.5 Å². The molecule has 1 saturated heterocycles. The molecule has 23 heavy (non-hydrogen) atoms. The molecule has 1 aliphatic rings. The van der Waals surface area contributed by atoms with Gasteiger partial charge in [0.15, 0.2) is 0 Å². The van der Waals surface area contributed by atoms with Crippen molar-refractivity contribution < 1.29 is 13.9 Å². The molecule has 0 radical (unpaired) electrons. The number of nitrogens with zero attached hydrogens (tertiary/aromatic N) is 1. The molecule has 2 N–H and O–H groups in total. The van der Waals surface area contributed by atoms with E-state index in [1.807, 2.05) is 12.1 Å². The van der Waals surface area contributed by atoms with Crippen LogP contribution in [-0.2, 0) is 11.3 Å². The average Bonchev–Trinajstić information content (AvgIpc) is 3.28. The van der Waals surface area contributed by atoms with Gasteiger partial charge in [0.1, 0.15) is 0 Å². The van der Waals surface area contributed by atoms with Crippen molar-refractivity contribution in [3.8, 4) is 0 Å². The molecule has 1 atom stereocenters. The maximum Gasteiger partial charge on any atom is 0.315 e. The van der Waals surface area contributed by atoms with Crippen molar-refractivity contribution in [2.24, 2.45) is 0 Å². The lowest BCUT2D eigenvalue weighted by atomic mass is 10.2. The van der Waals surface area contributed by atoms with Crippen molar-refractivity contribution >= 4 is 17.4 Å². The molecule has 1 unspecified atom stereocenters. The van der Waals surface area contributed by atoms with Crippen molar-refractivity contribution in [1.29, 1.82) is 0 Å². The van der Waals surface area contributed by atoms with Crippen LogP contribution in [0.3, 0.4) is 0 Å². The zero-order valence-electron chi connectivity index (χ0n) is 12.9. The number of carbonyl (C=O) groups is 1. The summed E-state index contributed by atoms with van der Waals surface area (Å²) in [5, 5.41) is 7.88. The number of ether oxygens (including phenoxy) is 1. The van der Waals surface area contributed by atoms with Crippen molar-refractivity contribution in [3.05, 3.63) is 46.5 Å². The summed E-state index contributed by atoms with van der Waals surface area (Å²) in [5.41, 5.74) is 0.947. The van der Waals surface area contributed by atoms with E-state index in [9.17, 15) is 4.79 Å². The highest BCUT2D eigenvalue weighted by Gasteiger charge is 2.23. The molecular formula is C16H21N3O3S. The standard InChI is InChI=1S/C16H21N3O3S/c20-16(17-10-13-3-6-22-12-13)18-11-14(15-2-1-9-23-15)19-4-7-21-8-5-19/h1-3,6,9,12,14H,4-5,7-8,10-11H2,(H2,17,18,20). The highest BCUT2D eigenvalue weighted by Crippen LogP contribution is 2.25. The Bertz CT molecular complexity index is 580. The molecule has 0 aliphatic carbocycles. The summed E-state index contributed by atoms with van der Waals surface area (Å²) in [6.45, 7) is 4.31. The summed E-state index contributed by atoms with van der Waals surface area (Å²) in [7, 11) is 0. The van der Waals surface area contributed by atoms with Gasteiger partial charge in [0.05, 0.1) is 31.8 Å². The van der Waals surface area contributed by atoms with Gasteiger partial charge in [0.2, 0.25) is 0 Å². The predicted octanol–water partition coefficient (Wildman–Crippen LogP) is 2.21. The normalized spacial score (nSPS) is 16.9. The Hall–Kier alpha value is -1.83. The van der Waals surface area contributed by atoms with Crippen LogP contribution in [0.15, 0.2) is 40.5 Å². The van der Waals surface area contributed by atoms with Crippen molar-refractivity contribution in [2.75, 3.05) is 32.8 Å². The van der Waals surface area contributed by atoms with E-state index in [4.69, 9.17) is 9.15 Å². The Morgan fingerprint density at radius 1 is 1.30 bits per heavy atom. The van der Waals surface area contributed by atoms with Crippen LogP contribution in [0.5, 0.6) is 0 Å². The number of rotatable bonds is 6. The minimum absolute atomic E-state index is 0.166. The summed E-state index contributed by atoms with van der Waals surface area (Å²) in [5.74, 6) is 0. The number of morpholine rings is 1. The third-order valence-electron chi connectivity index (χ3n) is 3.85. The SMILES string of the molecule is O=C(NCc1ccoc1)NCC(c1cccs1)N1CCOCC1. The molecule has 0 aromatic carbocycles. The molecule has 7 heteroatoms. The summed E-state index contributed by atoms with van der Waals surface area (Å²) in [6.07, 6.45) is 3.22. The van der Waals surface area contributed by atoms with Crippen LogP contribution in [0.4, 0.5) is 4.79 Å². The maximum absolute atomic E-state index is 12.0. The lowest BCUT2D eigenvalue weighted by molar-refractivity contribution is 0.0174. The third-order valence-corrected chi connectivity index (χ3v) is 4.82. The van der Waals surface area contributed by atoms with Gasteiger partial charge in [-0.15, -0.1) is 11.3 Å². The van der Waals surface area contributed by atoms with E-state index in [1.54, 1.807) is 23.9 Å². The number of hydrogen-bond acceptors (Lipinski definition) is 5. The molecule has 2 aromatic heterocycles. The van der Waals surface area contributed by atoms with Gasteiger partial charge in [-0.1, -0.05) is 6.07 Å². The molecular weight excluding hydrogens is 314 g/mol. The third kappa shape index (κ3) is 4.57. The number of furan rings is 1. The molecule has 6 nitrogen and oxygen atoms in total. The summed E-state index contributed by atoms with van der Waals surface area (Å²) in [4.78, 5) is 15.6. The van der Waals surface area contributed by atoms with E-state index in [0.29, 0.717) is 13.1 Å². The van der Waals surface area contributed by atoms with E-state index >= 15 is 0 Å². The second-order valence-electron chi connectivity index (χ2n) is 5.37. The summed E-state index contributed by atoms with van der Waals surface area (Å²) >= 11 is 1.72. The van der Waals surface area contributed by atoms with Crippen LogP contribution < -0.4 is 10.6 Å². The van der Waals surface area contributed by atoms with Crippen molar-refractivity contribution in [3.63, 3.8) is 0 Å². The fraction of sp³-hybridized carbons (Fsp3) is 0.438. The lowest BCUT2D eigenvalue weighted by Gasteiger charge is -2.34. The van der Waals surface area contributed by atoms with E-state index in [1.165, 1.54) is 4.88 Å². The monoisotopic (exact) mass is 335 g/mol. The Labute approximate surface area is 139 Å². The Balaban J connectivity index is 1.52. The quantitative estimate of drug-likeness (QED) is 0.849. The fourth-order valence-electron chi connectivity index (χ4n) is 2.61.